The zero-order valence-corrected chi connectivity index (χ0v) is 17.3. The van der Waals surface area contributed by atoms with E-state index in [4.69, 9.17) is 16.6 Å². The number of amides is 1. The first-order valence-electron chi connectivity index (χ1n) is 9.48. The van der Waals surface area contributed by atoms with E-state index in [0.29, 0.717) is 10.6 Å². The Morgan fingerprint density at radius 1 is 0.897 bits per heavy atom. The number of fused-ring (bicyclic) bond motifs is 1. The van der Waals surface area contributed by atoms with Crippen molar-refractivity contribution in [2.75, 3.05) is 5.32 Å². The molecule has 144 valence electrons. The Morgan fingerprint density at radius 2 is 1.69 bits per heavy atom. The Hall–Kier alpha value is -3.17. The summed E-state index contributed by atoms with van der Waals surface area (Å²) in [6, 6.07) is 21.2. The molecule has 0 aliphatic carbocycles. The fraction of sp³-hybridized carbons (Fsp3) is 0.120. The first-order valence-corrected chi connectivity index (χ1v) is 9.86. The quantitative estimate of drug-likeness (QED) is 0.414. The summed E-state index contributed by atoms with van der Waals surface area (Å²) in [6.45, 7) is 6.03. The van der Waals surface area contributed by atoms with Gasteiger partial charge < -0.3 is 5.32 Å². The molecule has 0 atom stereocenters. The minimum absolute atomic E-state index is 0.146. The fourth-order valence-corrected chi connectivity index (χ4v) is 3.72. The summed E-state index contributed by atoms with van der Waals surface area (Å²) in [5.74, 6) is -0.146. The summed E-state index contributed by atoms with van der Waals surface area (Å²) in [4.78, 5) is 18.2. The number of rotatable bonds is 3. The van der Waals surface area contributed by atoms with Crippen molar-refractivity contribution < 1.29 is 4.79 Å². The predicted octanol–water partition coefficient (Wildman–Crippen LogP) is 6.73. The number of halogens is 1. The van der Waals surface area contributed by atoms with E-state index >= 15 is 0 Å². The zero-order chi connectivity index (χ0) is 20.5. The molecule has 1 aromatic heterocycles. The van der Waals surface area contributed by atoms with Crippen LogP contribution in [0.3, 0.4) is 0 Å². The third kappa shape index (κ3) is 3.74. The van der Waals surface area contributed by atoms with Gasteiger partial charge in [-0.2, -0.15) is 0 Å². The molecule has 0 radical (unpaired) electrons. The first-order chi connectivity index (χ1) is 13.9. The number of para-hydroxylation sites is 1. The number of pyridine rings is 1. The SMILES string of the molecule is Cc1ccc(NC(=O)c2c(C)c(-c3cccc(Cl)c3)nc3ccccc23)cc1C. The lowest BCUT2D eigenvalue weighted by Gasteiger charge is -2.15. The Morgan fingerprint density at radius 3 is 2.45 bits per heavy atom. The maximum Gasteiger partial charge on any atom is 0.256 e. The number of benzene rings is 3. The van der Waals surface area contributed by atoms with Gasteiger partial charge in [0.15, 0.2) is 0 Å². The maximum absolute atomic E-state index is 13.3. The van der Waals surface area contributed by atoms with Gasteiger partial charge in [-0.3, -0.25) is 4.79 Å². The van der Waals surface area contributed by atoms with Gasteiger partial charge in [0.1, 0.15) is 0 Å². The summed E-state index contributed by atoms with van der Waals surface area (Å²) in [5.41, 5.74) is 6.99. The van der Waals surface area contributed by atoms with Crippen molar-refractivity contribution in [3.05, 3.63) is 94.0 Å². The number of anilines is 1. The average molecular weight is 401 g/mol. The lowest BCUT2D eigenvalue weighted by molar-refractivity contribution is 0.102. The molecular weight excluding hydrogens is 380 g/mol. The zero-order valence-electron chi connectivity index (χ0n) is 16.6. The predicted molar refractivity (Wildman–Crippen MR) is 121 cm³/mol. The molecule has 0 aliphatic heterocycles. The Bertz CT molecular complexity index is 1250. The number of hydrogen-bond donors (Lipinski definition) is 1. The maximum atomic E-state index is 13.3. The highest BCUT2D eigenvalue weighted by Gasteiger charge is 2.19. The van der Waals surface area contributed by atoms with Crippen molar-refractivity contribution in [1.29, 1.82) is 0 Å². The van der Waals surface area contributed by atoms with Gasteiger partial charge in [-0.05, 0) is 67.8 Å². The molecule has 0 aliphatic rings. The van der Waals surface area contributed by atoms with Crippen LogP contribution in [0.1, 0.15) is 27.0 Å². The van der Waals surface area contributed by atoms with Gasteiger partial charge in [-0.1, -0.05) is 48.0 Å². The lowest BCUT2D eigenvalue weighted by Crippen LogP contribution is -2.15. The molecule has 4 heteroatoms. The monoisotopic (exact) mass is 400 g/mol. The van der Waals surface area contributed by atoms with Crippen LogP contribution >= 0.6 is 11.6 Å². The van der Waals surface area contributed by atoms with Gasteiger partial charge in [0.05, 0.1) is 16.8 Å². The Balaban J connectivity index is 1.87. The van der Waals surface area contributed by atoms with Crippen molar-refractivity contribution in [2.45, 2.75) is 20.8 Å². The first kappa shape index (κ1) is 19.2. The number of carbonyl (C=O) groups is 1. The highest BCUT2D eigenvalue weighted by atomic mass is 35.5. The molecule has 3 aromatic carbocycles. The molecule has 0 bridgehead atoms. The van der Waals surface area contributed by atoms with E-state index in [1.807, 2.05) is 80.6 Å². The summed E-state index contributed by atoms with van der Waals surface area (Å²) in [6.07, 6.45) is 0. The number of carbonyl (C=O) groups excluding carboxylic acids is 1. The summed E-state index contributed by atoms with van der Waals surface area (Å²) in [7, 11) is 0. The molecule has 1 heterocycles. The standard InChI is InChI=1S/C25H21ClN2O/c1-15-11-12-20(13-16(15)2)27-25(29)23-17(3)24(18-7-6-8-19(26)14-18)28-22-10-5-4-9-21(22)23/h4-14H,1-3H3,(H,27,29). The number of aryl methyl sites for hydroxylation is 2. The van der Waals surface area contributed by atoms with Gasteiger partial charge in [0.2, 0.25) is 0 Å². The van der Waals surface area contributed by atoms with Crippen LogP contribution in [0.4, 0.5) is 5.69 Å². The van der Waals surface area contributed by atoms with Crippen molar-refractivity contribution in [3.8, 4) is 11.3 Å². The van der Waals surface area contributed by atoms with Crippen LogP contribution < -0.4 is 5.32 Å². The minimum atomic E-state index is -0.146. The summed E-state index contributed by atoms with van der Waals surface area (Å²) in [5, 5.41) is 4.52. The molecule has 0 saturated heterocycles. The number of aromatic nitrogens is 1. The van der Waals surface area contributed by atoms with Gasteiger partial charge in [0, 0.05) is 21.7 Å². The molecular formula is C25H21ClN2O. The molecule has 0 saturated carbocycles. The number of hydrogen-bond acceptors (Lipinski definition) is 2. The molecule has 1 amide bonds. The third-order valence-corrected chi connectivity index (χ3v) is 5.46. The molecule has 3 nitrogen and oxygen atoms in total. The third-order valence-electron chi connectivity index (χ3n) is 5.23. The summed E-state index contributed by atoms with van der Waals surface area (Å²) < 4.78 is 0. The second-order valence-corrected chi connectivity index (χ2v) is 7.68. The Labute approximate surface area is 175 Å². The Kier molecular flexibility index (Phi) is 5.08. The van der Waals surface area contributed by atoms with E-state index in [2.05, 4.69) is 12.2 Å². The van der Waals surface area contributed by atoms with Crippen molar-refractivity contribution >= 4 is 34.1 Å². The fourth-order valence-electron chi connectivity index (χ4n) is 3.53. The van der Waals surface area contributed by atoms with Crippen LogP contribution in [0, 0.1) is 20.8 Å². The van der Waals surface area contributed by atoms with Crippen LogP contribution in [0.15, 0.2) is 66.7 Å². The van der Waals surface area contributed by atoms with Crippen LogP contribution in [-0.4, -0.2) is 10.9 Å². The average Bonchev–Trinajstić information content (AvgIpc) is 2.70. The molecule has 1 N–H and O–H groups in total. The van der Waals surface area contributed by atoms with Crippen molar-refractivity contribution in [1.82, 2.24) is 4.98 Å². The van der Waals surface area contributed by atoms with Crippen LogP contribution in [0.5, 0.6) is 0 Å². The van der Waals surface area contributed by atoms with E-state index in [-0.39, 0.29) is 5.91 Å². The normalized spacial score (nSPS) is 10.9. The van der Waals surface area contributed by atoms with Gasteiger partial charge in [-0.15, -0.1) is 0 Å². The largest absolute Gasteiger partial charge is 0.322 e. The van der Waals surface area contributed by atoms with Gasteiger partial charge >= 0.3 is 0 Å². The topological polar surface area (TPSA) is 42.0 Å². The lowest BCUT2D eigenvalue weighted by atomic mass is 9.97. The van der Waals surface area contributed by atoms with Crippen molar-refractivity contribution in [3.63, 3.8) is 0 Å². The molecule has 0 spiro atoms. The van der Waals surface area contributed by atoms with Crippen molar-refractivity contribution in [2.24, 2.45) is 0 Å². The van der Waals surface area contributed by atoms with E-state index in [9.17, 15) is 4.79 Å². The molecule has 0 unspecified atom stereocenters. The minimum Gasteiger partial charge on any atom is -0.322 e. The number of nitrogens with zero attached hydrogens (tertiary/aromatic N) is 1. The molecule has 29 heavy (non-hydrogen) atoms. The van der Waals surface area contributed by atoms with E-state index < -0.39 is 0 Å². The van der Waals surface area contributed by atoms with E-state index in [1.54, 1.807) is 0 Å². The second kappa shape index (κ2) is 7.69. The smallest absolute Gasteiger partial charge is 0.256 e. The van der Waals surface area contributed by atoms with E-state index in [1.165, 1.54) is 5.56 Å². The van der Waals surface area contributed by atoms with Gasteiger partial charge in [0.25, 0.3) is 5.91 Å². The molecule has 0 fully saturated rings. The molecule has 4 rings (SSSR count). The summed E-state index contributed by atoms with van der Waals surface area (Å²) >= 11 is 6.20. The van der Waals surface area contributed by atoms with Crippen LogP contribution in [0.2, 0.25) is 5.02 Å². The second-order valence-electron chi connectivity index (χ2n) is 7.24. The van der Waals surface area contributed by atoms with Gasteiger partial charge in [-0.25, -0.2) is 4.98 Å². The van der Waals surface area contributed by atoms with Crippen LogP contribution in [0.25, 0.3) is 22.2 Å². The van der Waals surface area contributed by atoms with Crippen LogP contribution in [-0.2, 0) is 0 Å². The highest BCUT2D eigenvalue weighted by molar-refractivity contribution is 6.30. The number of nitrogens with one attached hydrogen (secondary N) is 1. The highest BCUT2D eigenvalue weighted by Crippen LogP contribution is 2.31. The van der Waals surface area contributed by atoms with E-state index in [0.717, 1.165) is 39.0 Å². The molecule has 4 aromatic rings.